The summed E-state index contributed by atoms with van der Waals surface area (Å²) in [6.07, 6.45) is 7.96. The number of benzene rings is 1. The fourth-order valence-corrected chi connectivity index (χ4v) is 4.94. The molecule has 1 saturated carbocycles. The van der Waals surface area contributed by atoms with Gasteiger partial charge in [-0.15, -0.1) is 0 Å². The van der Waals surface area contributed by atoms with Gasteiger partial charge >= 0.3 is 12.1 Å². The molecule has 172 valence electrons. The van der Waals surface area contributed by atoms with Crippen molar-refractivity contribution >= 4 is 35.2 Å². The van der Waals surface area contributed by atoms with E-state index >= 15 is 0 Å². The topological polar surface area (TPSA) is 102 Å². The monoisotopic (exact) mass is 451 g/mol. The molecule has 3 unspecified atom stereocenters. The first kappa shape index (κ1) is 21.2. The minimum absolute atomic E-state index is 0.0230. The quantitative estimate of drug-likeness (QED) is 0.616. The largest absolute Gasteiger partial charge is 0.357 e. The predicted molar refractivity (Wildman–Crippen MR) is 124 cm³/mol. The summed E-state index contributed by atoms with van der Waals surface area (Å²) in [5.74, 6) is 1.24. The lowest BCUT2D eigenvalue weighted by atomic mass is 10.0. The van der Waals surface area contributed by atoms with E-state index in [1.807, 2.05) is 0 Å². The van der Waals surface area contributed by atoms with E-state index in [-0.39, 0.29) is 24.3 Å². The van der Waals surface area contributed by atoms with Gasteiger partial charge < -0.3 is 16.0 Å². The third kappa shape index (κ3) is 3.75. The second kappa shape index (κ2) is 8.02. The minimum atomic E-state index is -0.556. The molecule has 5 rings (SSSR count). The summed E-state index contributed by atoms with van der Waals surface area (Å²) in [6, 6.07) is 2.14. The molecule has 2 bridgehead atoms. The first-order chi connectivity index (χ1) is 15.8. The maximum absolute atomic E-state index is 14.7. The van der Waals surface area contributed by atoms with Gasteiger partial charge in [-0.25, -0.2) is 19.0 Å². The Labute approximate surface area is 191 Å². The number of halogens is 1. The van der Waals surface area contributed by atoms with Crippen molar-refractivity contribution in [2.45, 2.75) is 32.4 Å². The number of aryl methyl sites for hydroxylation is 1. The maximum Gasteiger partial charge on any atom is 0.330 e. The van der Waals surface area contributed by atoms with Crippen LogP contribution in [0, 0.1) is 24.6 Å². The summed E-state index contributed by atoms with van der Waals surface area (Å²) in [6.45, 7) is 1.96. The Hall–Kier alpha value is -3.69. The molecule has 3 atom stereocenters. The Balaban J connectivity index is 1.38. The Morgan fingerprint density at radius 2 is 2.06 bits per heavy atom. The van der Waals surface area contributed by atoms with Gasteiger partial charge in [0.2, 0.25) is 5.95 Å². The predicted octanol–water partition coefficient (Wildman–Crippen LogP) is 3.63. The lowest BCUT2D eigenvalue weighted by Gasteiger charge is -2.35. The number of nitrogens with one attached hydrogen (secondary N) is 3. The van der Waals surface area contributed by atoms with Gasteiger partial charge in [-0.1, -0.05) is 12.2 Å². The average Bonchev–Trinajstić information content (AvgIpc) is 3.41. The van der Waals surface area contributed by atoms with Crippen molar-refractivity contribution in [3.63, 3.8) is 0 Å². The zero-order valence-corrected chi connectivity index (χ0v) is 18.7. The maximum atomic E-state index is 14.7. The van der Waals surface area contributed by atoms with E-state index in [1.54, 1.807) is 27.2 Å². The Bertz CT molecular complexity index is 1170. The molecule has 2 aromatic rings. The van der Waals surface area contributed by atoms with Crippen LogP contribution in [0.15, 0.2) is 30.5 Å². The molecule has 0 radical (unpaired) electrons. The molecule has 2 aliphatic carbocycles. The smallest absolute Gasteiger partial charge is 0.330 e. The van der Waals surface area contributed by atoms with Crippen molar-refractivity contribution < 1.29 is 14.0 Å². The van der Waals surface area contributed by atoms with Crippen LogP contribution in [-0.2, 0) is 6.54 Å². The van der Waals surface area contributed by atoms with Crippen LogP contribution >= 0.6 is 0 Å². The highest BCUT2D eigenvalue weighted by Crippen LogP contribution is 2.39. The molecule has 1 aliphatic heterocycles. The lowest BCUT2D eigenvalue weighted by Crippen LogP contribution is -2.46. The Kier molecular flexibility index (Phi) is 5.15. The number of anilines is 4. The SMILES string of the molecule is CNc1ncc2c(n1)N(C)C(=O)N(c1cc(NC(=O)NC3CC4C=CC3C4)c(F)cc1C)C2. The van der Waals surface area contributed by atoms with E-state index in [4.69, 9.17) is 0 Å². The zero-order valence-electron chi connectivity index (χ0n) is 18.7. The summed E-state index contributed by atoms with van der Waals surface area (Å²) in [4.78, 5) is 37.3. The van der Waals surface area contributed by atoms with Crippen molar-refractivity contribution in [2.75, 3.05) is 34.5 Å². The van der Waals surface area contributed by atoms with Crippen LogP contribution < -0.4 is 25.8 Å². The zero-order chi connectivity index (χ0) is 23.3. The fourth-order valence-electron chi connectivity index (χ4n) is 4.94. The minimum Gasteiger partial charge on any atom is -0.357 e. The summed E-state index contributed by atoms with van der Waals surface area (Å²) < 4.78 is 14.7. The molecular formula is C23H26FN7O2. The number of urea groups is 2. The molecule has 3 aliphatic rings. The number of fused-ring (bicyclic) bond motifs is 3. The van der Waals surface area contributed by atoms with Crippen LogP contribution in [0.3, 0.4) is 0 Å². The lowest BCUT2D eigenvalue weighted by molar-refractivity contribution is 0.246. The van der Waals surface area contributed by atoms with Gasteiger partial charge in [-0.3, -0.25) is 9.80 Å². The van der Waals surface area contributed by atoms with E-state index in [0.717, 1.165) is 18.4 Å². The van der Waals surface area contributed by atoms with Gasteiger partial charge in [0, 0.05) is 31.9 Å². The van der Waals surface area contributed by atoms with Crippen molar-refractivity contribution in [2.24, 2.45) is 11.8 Å². The summed E-state index contributed by atoms with van der Waals surface area (Å²) in [5.41, 5.74) is 1.87. The van der Waals surface area contributed by atoms with Crippen molar-refractivity contribution in [3.05, 3.63) is 47.4 Å². The Morgan fingerprint density at radius 3 is 2.76 bits per heavy atom. The third-order valence-corrected chi connectivity index (χ3v) is 6.65. The number of allylic oxidation sites excluding steroid dienone is 1. The molecule has 4 amide bonds. The third-order valence-electron chi connectivity index (χ3n) is 6.65. The highest BCUT2D eigenvalue weighted by Gasteiger charge is 2.36. The number of hydrogen-bond donors (Lipinski definition) is 3. The van der Waals surface area contributed by atoms with Crippen LogP contribution in [0.1, 0.15) is 24.0 Å². The fraction of sp³-hybridized carbons (Fsp3) is 0.391. The van der Waals surface area contributed by atoms with Crippen molar-refractivity contribution in [1.29, 1.82) is 0 Å². The molecule has 33 heavy (non-hydrogen) atoms. The summed E-state index contributed by atoms with van der Waals surface area (Å²) in [5, 5.41) is 8.46. The van der Waals surface area contributed by atoms with Crippen LogP contribution in [0.25, 0.3) is 0 Å². The molecular weight excluding hydrogens is 425 g/mol. The average molecular weight is 452 g/mol. The molecule has 10 heteroatoms. The van der Waals surface area contributed by atoms with Gasteiger partial charge in [0.25, 0.3) is 0 Å². The number of hydrogen-bond acceptors (Lipinski definition) is 5. The van der Waals surface area contributed by atoms with Crippen LogP contribution in [-0.4, -0.2) is 42.2 Å². The van der Waals surface area contributed by atoms with Gasteiger partial charge in [0.15, 0.2) is 0 Å². The number of carbonyl (C=O) groups is 2. The molecule has 9 nitrogen and oxygen atoms in total. The van der Waals surface area contributed by atoms with Crippen LogP contribution in [0.2, 0.25) is 0 Å². The highest BCUT2D eigenvalue weighted by atomic mass is 19.1. The number of rotatable bonds is 4. The highest BCUT2D eigenvalue weighted by molar-refractivity contribution is 6.06. The van der Waals surface area contributed by atoms with Gasteiger partial charge in [-0.05, 0) is 49.3 Å². The molecule has 1 fully saturated rings. The van der Waals surface area contributed by atoms with Crippen molar-refractivity contribution in [1.82, 2.24) is 15.3 Å². The number of nitrogens with zero attached hydrogens (tertiary/aromatic N) is 4. The van der Waals surface area contributed by atoms with Gasteiger partial charge in [-0.2, -0.15) is 4.98 Å². The molecule has 3 N–H and O–H groups in total. The van der Waals surface area contributed by atoms with Crippen LogP contribution in [0.4, 0.5) is 37.1 Å². The molecule has 1 aromatic heterocycles. The molecule has 0 spiro atoms. The molecule has 1 aromatic carbocycles. The van der Waals surface area contributed by atoms with E-state index in [2.05, 4.69) is 38.1 Å². The molecule has 2 heterocycles. The normalized spacial score (nSPS) is 23.0. The Morgan fingerprint density at radius 1 is 1.24 bits per heavy atom. The van der Waals surface area contributed by atoms with Crippen LogP contribution in [0.5, 0.6) is 0 Å². The van der Waals surface area contributed by atoms with E-state index in [1.165, 1.54) is 21.9 Å². The molecule has 0 saturated heterocycles. The van der Waals surface area contributed by atoms with E-state index in [0.29, 0.717) is 34.9 Å². The van der Waals surface area contributed by atoms with Gasteiger partial charge in [0.1, 0.15) is 11.6 Å². The summed E-state index contributed by atoms with van der Waals surface area (Å²) >= 11 is 0. The number of amides is 4. The van der Waals surface area contributed by atoms with Crippen molar-refractivity contribution in [3.8, 4) is 0 Å². The van der Waals surface area contributed by atoms with E-state index < -0.39 is 11.8 Å². The van der Waals surface area contributed by atoms with Gasteiger partial charge in [0.05, 0.1) is 17.9 Å². The second-order valence-corrected chi connectivity index (χ2v) is 8.82. The first-order valence-corrected chi connectivity index (χ1v) is 11.0. The first-order valence-electron chi connectivity index (χ1n) is 11.0. The second-order valence-electron chi connectivity index (χ2n) is 8.82. The van der Waals surface area contributed by atoms with E-state index in [9.17, 15) is 14.0 Å². The number of carbonyl (C=O) groups excluding carboxylic acids is 2. The number of aromatic nitrogens is 2. The summed E-state index contributed by atoms with van der Waals surface area (Å²) in [7, 11) is 3.34. The standard InChI is InChI=1S/C23H26FN7O2/c1-12-6-16(24)18(28-22(32)27-17-8-13-4-5-14(17)7-13)9-19(12)31-11-15-10-26-21(25-2)29-20(15)30(3)23(31)33/h4-6,9-10,13-14,17H,7-8,11H2,1-3H3,(H,25,26,29)(H2,27,28,32).